The molecule has 1 aliphatic heterocycles. The van der Waals surface area contributed by atoms with Crippen molar-refractivity contribution in [1.29, 1.82) is 0 Å². The summed E-state index contributed by atoms with van der Waals surface area (Å²) in [5.74, 6) is 2.22. The molecule has 112 valence electrons. The highest BCUT2D eigenvalue weighted by atomic mass is 35.5. The van der Waals surface area contributed by atoms with Crippen LogP contribution < -0.4 is 4.90 Å². The fraction of sp³-hybridized carbons (Fsp3) is 0.667. The van der Waals surface area contributed by atoms with E-state index in [4.69, 9.17) is 11.6 Å². The summed E-state index contributed by atoms with van der Waals surface area (Å²) < 4.78 is 24.0. The SMILES string of the molecule is CC(C)c1c(Cl)ncnc1N1CCSCC1S(C)(=O)=O. The van der Waals surface area contributed by atoms with Gasteiger partial charge in [-0.25, -0.2) is 18.4 Å². The van der Waals surface area contributed by atoms with Crippen LogP contribution in [0, 0.1) is 0 Å². The van der Waals surface area contributed by atoms with Crippen molar-refractivity contribution in [2.24, 2.45) is 0 Å². The van der Waals surface area contributed by atoms with E-state index in [-0.39, 0.29) is 5.92 Å². The van der Waals surface area contributed by atoms with Gasteiger partial charge in [-0.3, -0.25) is 0 Å². The van der Waals surface area contributed by atoms with Crippen molar-refractivity contribution in [3.05, 3.63) is 17.0 Å². The second kappa shape index (κ2) is 6.07. The highest BCUT2D eigenvalue weighted by molar-refractivity contribution is 8.01. The molecule has 1 aromatic rings. The Morgan fingerprint density at radius 2 is 2.15 bits per heavy atom. The fourth-order valence-corrected chi connectivity index (χ4v) is 5.43. The number of thioether (sulfide) groups is 1. The van der Waals surface area contributed by atoms with Gasteiger partial charge in [0.25, 0.3) is 0 Å². The Morgan fingerprint density at radius 1 is 1.45 bits per heavy atom. The Labute approximate surface area is 129 Å². The van der Waals surface area contributed by atoms with Gasteiger partial charge in [0, 0.05) is 29.9 Å². The molecule has 0 aromatic carbocycles. The molecule has 2 heterocycles. The minimum absolute atomic E-state index is 0.133. The van der Waals surface area contributed by atoms with E-state index in [0.717, 1.165) is 11.3 Å². The van der Waals surface area contributed by atoms with Crippen LogP contribution in [0.15, 0.2) is 6.33 Å². The van der Waals surface area contributed by atoms with E-state index < -0.39 is 15.2 Å². The molecule has 2 rings (SSSR count). The van der Waals surface area contributed by atoms with Crippen molar-refractivity contribution in [3.8, 4) is 0 Å². The number of aromatic nitrogens is 2. The maximum Gasteiger partial charge on any atom is 0.169 e. The van der Waals surface area contributed by atoms with E-state index in [1.54, 1.807) is 11.8 Å². The number of hydrogen-bond donors (Lipinski definition) is 0. The molecular formula is C12H18ClN3O2S2. The molecule has 0 saturated carbocycles. The van der Waals surface area contributed by atoms with Gasteiger partial charge in [0.1, 0.15) is 22.7 Å². The summed E-state index contributed by atoms with van der Waals surface area (Å²) in [4.78, 5) is 10.2. The van der Waals surface area contributed by atoms with Crippen molar-refractivity contribution < 1.29 is 8.42 Å². The molecular weight excluding hydrogens is 318 g/mol. The lowest BCUT2D eigenvalue weighted by atomic mass is 10.1. The van der Waals surface area contributed by atoms with Crippen LogP contribution in [0.5, 0.6) is 0 Å². The average Bonchev–Trinajstić information content (AvgIpc) is 2.37. The summed E-state index contributed by atoms with van der Waals surface area (Å²) in [6.45, 7) is 4.65. The first kappa shape index (κ1) is 15.9. The van der Waals surface area contributed by atoms with Crippen LogP contribution in [0.1, 0.15) is 25.3 Å². The van der Waals surface area contributed by atoms with Gasteiger partial charge in [-0.1, -0.05) is 25.4 Å². The minimum atomic E-state index is -3.18. The lowest BCUT2D eigenvalue weighted by Gasteiger charge is -2.36. The van der Waals surface area contributed by atoms with Crippen LogP contribution in [-0.4, -0.2) is 48.1 Å². The monoisotopic (exact) mass is 335 g/mol. The Kier molecular flexibility index (Phi) is 4.81. The highest BCUT2D eigenvalue weighted by Gasteiger charge is 2.34. The van der Waals surface area contributed by atoms with Crippen molar-refractivity contribution >= 4 is 39.0 Å². The number of nitrogens with zero attached hydrogens (tertiary/aromatic N) is 3. The van der Waals surface area contributed by atoms with Crippen LogP contribution in [-0.2, 0) is 9.84 Å². The third-order valence-corrected chi connectivity index (χ3v) is 6.19. The lowest BCUT2D eigenvalue weighted by molar-refractivity contribution is 0.583. The summed E-state index contributed by atoms with van der Waals surface area (Å²) in [7, 11) is -3.18. The first-order valence-corrected chi connectivity index (χ1v) is 9.84. The topological polar surface area (TPSA) is 63.2 Å². The minimum Gasteiger partial charge on any atom is -0.338 e. The number of sulfone groups is 1. The van der Waals surface area contributed by atoms with Crippen molar-refractivity contribution in [2.45, 2.75) is 25.1 Å². The average molecular weight is 336 g/mol. The predicted octanol–water partition coefficient (Wildman–Crippen LogP) is 2.18. The Balaban J connectivity index is 2.51. The Morgan fingerprint density at radius 3 is 2.75 bits per heavy atom. The van der Waals surface area contributed by atoms with E-state index in [0.29, 0.717) is 23.3 Å². The van der Waals surface area contributed by atoms with Gasteiger partial charge in [-0.15, -0.1) is 0 Å². The summed E-state index contributed by atoms with van der Waals surface area (Å²) >= 11 is 7.82. The number of rotatable bonds is 3. The van der Waals surface area contributed by atoms with Gasteiger partial charge in [-0.2, -0.15) is 11.8 Å². The number of halogens is 1. The predicted molar refractivity (Wildman–Crippen MR) is 84.4 cm³/mol. The zero-order chi connectivity index (χ0) is 14.9. The standard InChI is InChI=1S/C12H18ClN3O2S2/c1-8(2)10-11(13)14-7-15-12(10)16-4-5-19-6-9(16)20(3,17)18/h7-9H,4-6H2,1-3H3. The van der Waals surface area contributed by atoms with E-state index >= 15 is 0 Å². The summed E-state index contributed by atoms with van der Waals surface area (Å²) in [5.41, 5.74) is 0.815. The van der Waals surface area contributed by atoms with E-state index in [9.17, 15) is 8.42 Å². The molecule has 0 bridgehead atoms. The molecule has 1 saturated heterocycles. The summed E-state index contributed by atoms with van der Waals surface area (Å²) in [5, 5.41) is -0.153. The molecule has 0 spiro atoms. The Hall–Kier alpha value is -0.530. The van der Waals surface area contributed by atoms with Crippen LogP contribution in [0.3, 0.4) is 0 Å². The first-order chi connectivity index (χ1) is 9.32. The molecule has 1 aliphatic rings. The largest absolute Gasteiger partial charge is 0.338 e. The third-order valence-electron chi connectivity index (χ3n) is 3.24. The summed E-state index contributed by atoms with van der Waals surface area (Å²) in [6.07, 6.45) is 2.67. The molecule has 8 heteroatoms. The van der Waals surface area contributed by atoms with Gasteiger partial charge in [0.2, 0.25) is 0 Å². The zero-order valence-corrected chi connectivity index (χ0v) is 14.1. The third kappa shape index (κ3) is 3.20. The van der Waals surface area contributed by atoms with Crippen molar-refractivity contribution in [3.63, 3.8) is 0 Å². The second-order valence-corrected chi connectivity index (χ2v) is 8.82. The van der Waals surface area contributed by atoms with E-state index in [1.807, 2.05) is 18.7 Å². The molecule has 1 unspecified atom stereocenters. The van der Waals surface area contributed by atoms with Gasteiger partial charge >= 0.3 is 0 Å². The normalized spacial score (nSPS) is 20.4. The molecule has 1 atom stereocenters. The van der Waals surface area contributed by atoms with Gasteiger partial charge in [0.15, 0.2) is 9.84 Å². The van der Waals surface area contributed by atoms with Crippen LogP contribution >= 0.6 is 23.4 Å². The zero-order valence-electron chi connectivity index (χ0n) is 11.7. The smallest absolute Gasteiger partial charge is 0.169 e. The first-order valence-electron chi connectivity index (χ1n) is 6.36. The second-order valence-electron chi connectivity index (χ2n) is 5.11. The van der Waals surface area contributed by atoms with E-state index in [2.05, 4.69) is 9.97 Å². The maximum absolute atomic E-state index is 12.0. The molecule has 5 nitrogen and oxygen atoms in total. The lowest BCUT2D eigenvalue weighted by Crippen LogP contribution is -2.47. The molecule has 0 radical (unpaired) electrons. The van der Waals surface area contributed by atoms with Crippen LogP contribution in [0.4, 0.5) is 5.82 Å². The molecule has 0 N–H and O–H groups in total. The van der Waals surface area contributed by atoms with Crippen LogP contribution in [0.2, 0.25) is 5.15 Å². The maximum atomic E-state index is 12.0. The molecule has 0 amide bonds. The van der Waals surface area contributed by atoms with Gasteiger partial charge in [-0.05, 0) is 5.92 Å². The number of anilines is 1. The fourth-order valence-electron chi connectivity index (χ4n) is 2.27. The quantitative estimate of drug-likeness (QED) is 0.789. The van der Waals surface area contributed by atoms with Crippen molar-refractivity contribution in [1.82, 2.24) is 9.97 Å². The highest BCUT2D eigenvalue weighted by Crippen LogP contribution is 2.34. The Bertz CT molecular complexity index is 592. The van der Waals surface area contributed by atoms with Crippen molar-refractivity contribution in [2.75, 3.05) is 29.2 Å². The van der Waals surface area contributed by atoms with E-state index in [1.165, 1.54) is 12.6 Å². The number of hydrogen-bond acceptors (Lipinski definition) is 6. The molecule has 20 heavy (non-hydrogen) atoms. The summed E-state index contributed by atoms with van der Waals surface area (Å²) in [6, 6.07) is 0. The molecule has 0 aliphatic carbocycles. The van der Waals surface area contributed by atoms with Gasteiger partial charge in [0.05, 0.1) is 0 Å². The van der Waals surface area contributed by atoms with Crippen LogP contribution in [0.25, 0.3) is 0 Å². The van der Waals surface area contributed by atoms with Gasteiger partial charge < -0.3 is 4.90 Å². The molecule has 1 aromatic heterocycles. The molecule has 1 fully saturated rings.